The van der Waals surface area contributed by atoms with Crippen LogP contribution in [0, 0.1) is 5.92 Å². The summed E-state index contributed by atoms with van der Waals surface area (Å²) in [6.07, 6.45) is 2.08. The van der Waals surface area contributed by atoms with Gasteiger partial charge in [0.05, 0.1) is 24.1 Å². The average Bonchev–Trinajstić information content (AvgIpc) is 2.63. The lowest BCUT2D eigenvalue weighted by atomic mass is 10.0. The van der Waals surface area contributed by atoms with Crippen LogP contribution in [0.5, 0.6) is 0 Å². The van der Waals surface area contributed by atoms with E-state index in [1.54, 1.807) is 10.9 Å². The van der Waals surface area contributed by atoms with Crippen LogP contribution in [0.2, 0.25) is 0 Å². The number of aliphatic hydroxyl groups excluding tert-OH is 1. The number of carbonyl (C=O) groups is 1. The molecular weight excluding hydrogens is 196 g/mol. The number of carboxylic acid groups (broad SMARTS) is 1. The van der Waals surface area contributed by atoms with Gasteiger partial charge in [0.15, 0.2) is 0 Å². The first-order valence-corrected chi connectivity index (χ1v) is 4.87. The summed E-state index contributed by atoms with van der Waals surface area (Å²) in [6, 6.07) is 0.151. The van der Waals surface area contributed by atoms with Crippen molar-refractivity contribution in [3.63, 3.8) is 0 Å². The summed E-state index contributed by atoms with van der Waals surface area (Å²) in [7, 11) is 0. The molecule has 0 aromatic carbocycles. The van der Waals surface area contributed by atoms with Gasteiger partial charge in [-0.1, -0.05) is 0 Å². The fourth-order valence-corrected chi connectivity index (χ4v) is 1.37. The highest BCUT2D eigenvalue weighted by Gasteiger charge is 2.26. The topological polar surface area (TPSA) is 75.3 Å². The van der Waals surface area contributed by atoms with Gasteiger partial charge < -0.3 is 14.8 Å². The molecule has 84 valence electrons. The van der Waals surface area contributed by atoms with E-state index in [9.17, 15) is 9.90 Å². The molecule has 0 aliphatic rings. The Morgan fingerprint density at radius 1 is 1.47 bits per heavy atom. The molecule has 1 aromatic heterocycles. The molecule has 0 fully saturated rings. The predicted octanol–water partition coefficient (Wildman–Crippen LogP) is 1.22. The number of aromatic nitrogens is 2. The third kappa shape index (κ3) is 2.36. The first kappa shape index (κ1) is 11.7. The van der Waals surface area contributed by atoms with Crippen LogP contribution in [0.25, 0.3) is 0 Å². The van der Waals surface area contributed by atoms with E-state index in [2.05, 4.69) is 4.98 Å². The number of aliphatic hydroxyl groups is 1. The molecule has 0 aliphatic carbocycles. The quantitative estimate of drug-likeness (QED) is 0.786. The number of hydrogen-bond donors (Lipinski definition) is 2. The van der Waals surface area contributed by atoms with E-state index < -0.39 is 18.0 Å². The Hall–Kier alpha value is -1.36. The van der Waals surface area contributed by atoms with Crippen molar-refractivity contribution in [3.05, 3.63) is 18.2 Å². The Morgan fingerprint density at radius 3 is 2.53 bits per heavy atom. The van der Waals surface area contributed by atoms with Crippen LogP contribution in [0.15, 0.2) is 12.5 Å². The van der Waals surface area contributed by atoms with Gasteiger partial charge in [-0.25, -0.2) is 4.98 Å². The highest BCUT2D eigenvalue weighted by atomic mass is 16.4. The van der Waals surface area contributed by atoms with Crippen molar-refractivity contribution in [2.75, 3.05) is 0 Å². The first-order valence-electron chi connectivity index (χ1n) is 4.87. The molecular formula is C10H16N2O3. The highest BCUT2D eigenvalue weighted by molar-refractivity contribution is 5.70. The van der Waals surface area contributed by atoms with Crippen molar-refractivity contribution in [1.82, 2.24) is 9.55 Å². The van der Waals surface area contributed by atoms with Crippen molar-refractivity contribution in [3.8, 4) is 0 Å². The van der Waals surface area contributed by atoms with E-state index in [4.69, 9.17) is 5.11 Å². The monoisotopic (exact) mass is 212 g/mol. The van der Waals surface area contributed by atoms with Crippen LogP contribution in [0.1, 0.15) is 38.6 Å². The lowest BCUT2D eigenvalue weighted by Gasteiger charge is -2.19. The molecule has 0 aliphatic heterocycles. The van der Waals surface area contributed by atoms with Crippen LogP contribution in [0.4, 0.5) is 0 Å². The van der Waals surface area contributed by atoms with Gasteiger partial charge in [0.25, 0.3) is 0 Å². The van der Waals surface area contributed by atoms with E-state index in [0.717, 1.165) is 0 Å². The molecule has 1 heterocycles. The van der Waals surface area contributed by atoms with Gasteiger partial charge >= 0.3 is 5.97 Å². The smallest absolute Gasteiger partial charge is 0.309 e. The van der Waals surface area contributed by atoms with Crippen molar-refractivity contribution in [1.29, 1.82) is 0 Å². The molecule has 0 saturated carbocycles. The molecule has 0 radical (unpaired) electrons. The molecule has 5 heteroatoms. The van der Waals surface area contributed by atoms with Crippen LogP contribution in [-0.2, 0) is 4.79 Å². The molecule has 0 saturated heterocycles. The summed E-state index contributed by atoms with van der Waals surface area (Å²) in [5.74, 6) is -1.85. The van der Waals surface area contributed by atoms with Gasteiger partial charge in [-0.15, -0.1) is 0 Å². The average molecular weight is 212 g/mol. The fourth-order valence-electron chi connectivity index (χ4n) is 1.37. The summed E-state index contributed by atoms with van der Waals surface area (Å²) in [5.41, 5.74) is 0.542. The van der Waals surface area contributed by atoms with E-state index in [0.29, 0.717) is 5.69 Å². The minimum atomic E-state index is -1.02. The van der Waals surface area contributed by atoms with E-state index >= 15 is 0 Å². The normalized spacial score (nSPS) is 15.3. The Bertz CT molecular complexity index is 346. The minimum Gasteiger partial charge on any atom is -0.481 e. The zero-order chi connectivity index (χ0) is 11.6. The molecule has 0 bridgehead atoms. The van der Waals surface area contributed by atoms with Gasteiger partial charge in [-0.2, -0.15) is 0 Å². The number of nitrogens with zero attached hydrogens (tertiary/aromatic N) is 2. The van der Waals surface area contributed by atoms with Crippen LogP contribution < -0.4 is 0 Å². The maximum absolute atomic E-state index is 10.7. The molecule has 2 N–H and O–H groups in total. The number of imidazole rings is 1. The van der Waals surface area contributed by atoms with Crippen LogP contribution in [0.3, 0.4) is 0 Å². The standard InChI is InChI=1S/C10H16N2O3/c1-6(2)12-5-11-4-8(12)9(13)7(3)10(14)15/h4-7,9,13H,1-3H3,(H,14,15). The molecule has 1 rings (SSSR count). The molecule has 0 amide bonds. The van der Waals surface area contributed by atoms with Gasteiger partial charge in [-0.05, 0) is 20.8 Å². The van der Waals surface area contributed by atoms with Gasteiger partial charge in [0.2, 0.25) is 0 Å². The Kier molecular flexibility index (Phi) is 3.47. The highest BCUT2D eigenvalue weighted by Crippen LogP contribution is 2.23. The molecule has 5 nitrogen and oxygen atoms in total. The van der Waals surface area contributed by atoms with Gasteiger partial charge in [0.1, 0.15) is 6.10 Å². The maximum atomic E-state index is 10.7. The van der Waals surface area contributed by atoms with Crippen molar-refractivity contribution in [2.45, 2.75) is 32.9 Å². The van der Waals surface area contributed by atoms with Gasteiger partial charge in [-0.3, -0.25) is 4.79 Å². The van der Waals surface area contributed by atoms with E-state index in [-0.39, 0.29) is 6.04 Å². The summed E-state index contributed by atoms with van der Waals surface area (Å²) >= 11 is 0. The SMILES string of the molecule is CC(C(=O)O)C(O)c1cncn1C(C)C. The Morgan fingerprint density at radius 2 is 2.07 bits per heavy atom. The van der Waals surface area contributed by atoms with Crippen LogP contribution in [-0.4, -0.2) is 25.7 Å². The third-order valence-electron chi connectivity index (χ3n) is 2.42. The zero-order valence-electron chi connectivity index (χ0n) is 9.08. The van der Waals surface area contributed by atoms with Crippen molar-refractivity contribution < 1.29 is 15.0 Å². The summed E-state index contributed by atoms with van der Waals surface area (Å²) < 4.78 is 1.77. The molecule has 2 unspecified atom stereocenters. The molecule has 2 atom stereocenters. The summed E-state index contributed by atoms with van der Waals surface area (Å²) in [4.78, 5) is 14.6. The fraction of sp³-hybridized carbons (Fsp3) is 0.600. The largest absolute Gasteiger partial charge is 0.481 e. The van der Waals surface area contributed by atoms with Gasteiger partial charge in [0, 0.05) is 6.04 Å². The second-order valence-electron chi connectivity index (χ2n) is 3.89. The number of rotatable bonds is 4. The Labute approximate surface area is 88.4 Å². The summed E-state index contributed by atoms with van der Waals surface area (Å²) in [5, 5.41) is 18.6. The lowest BCUT2D eigenvalue weighted by Crippen LogP contribution is -2.21. The number of hydrogen-bond acceptors (Lipinski definition) is 3. The van der Waals surface area contributed by atoms with E-state index in [1.165, 1.54) is 13.1 Å². The second-order valence-corrected chi connectivity index (χ2v) is 3.89. The number of carboxylic acids is 1. The number of aliphatic carboxylic acids is 1. The van der Waals surface area contributed by atoms with Crippen LogP contribution >= 0.6 is 0 Å². The first-order chi connectivity index (χ1) is 6.95. The molecule has 0 spiro atoms. The predicted molar refractivity (Wildman–Crippen MR) is 54.4 cm³/mol. The Balaban J connectivity index is 2.95. The third-order valence-corrected chi connectivity index (χ3v) is 2.42. The molecule has 1 aromatic rings. The van der Waals surface area contributed by atoms with E-state index in [1.807, 2.05) is 13.8 Å². The van der Waals surface area contributed by atoms with Crippen molar-refractivity contribution in [2.24, 2.45) is 5.92 Å². The van der Waals surface area contributed by atoms with Crippen molar-refractivity contribution >= 4 is 5.97 Å². The lowest BCUT2D eigenvalue weighted by molar-refractivity contribution is -0.145. The second kappa shape index (κ2) is 4.44. The summed E-state index contributed by atoms with van der Waals surface area (Å²) in [6.45, 7) is 5.37. The maximum Gasteiger partial charge on any atom is 0.309 e. The zero-order valence-corrected chi connectivity index (χ0v) is 9.08. The minimum absolute atomic E-state index is 0.151. The molecule has 15 heavy (non-hydrogen) atoms.